The third kappa shape index (κ3) is 6.66. The smallest absolute Gasteiger partial charge is 0.0809 e. The van der Waals surface area contributed by atoms with E-state index in [-0.39, 0.29) is 15.1 Å². The number of hydrogen-bond donors (Lipinski definition) is 0. The summed E-state index contributed by atoms with van der Waals surface area (Å²) in [6.45, 7) is 6.35. The molecule has 0 aliphatic carbocycles. The number of unbranched alkanes of at least 4 members (excludes halogenated alkanes) is 4. The lowest BCUT2D eigenvalue weighted by Crippen LogP contribution is -2.18. The fourth-order valence-corrected chi connectivity index (χ4v) is 4.59. The molecule has 0 N–H and O–H groups in total. The second-order valence-electron chi connectivity index (χ2n) is 5.33. The molecule has 0 saturated heterocycles. The summed E-state index contributed by atoms with van der Waals surface area (Å²) < 4.78 is 2.29. The summed E-state index contributed by atoms with van der Waals surface area (Å²) in [6, 6.07) is 0. The van der Waals surface area contributed by atoms with E-state index in [0.717, 1.165) is 25.9 Å². The van der Waals surface area contributed by atoms with Gasteiger partial charge in [-0.05, 0) is 24.8 Å². The van der Waals surface area contributed by atoms with E-state index in [1.165, 1.54) is 37.6 Å². The fraction of sp³-hybridized carbons (Fsp3) is 0.625. The van der Waals surface area contributed by atoms with Gasteiger partial charge in [0, 0.05) is 13.1 Å². The van der Waals surface area contributed by atoms with Crippen LogP contribution in [0.25, 0.3) is 0 Å². The van der Waals surface area contributed by atoms with Crippen molar-refractivity contribution in [3.05, 3.63) is 25.1 Å². The Bertz CT molecular complexity index is 471. The van der Waals surface area contributed by atoms with Gasteiger partial charge >= 0.3 is 0 Å². The maximum atomic E-state index is 6.34. The normalized spacial score (nSPS) is 11.5. The summed E-state index contributed by atoms with van der Waals surface area (Å²) in [5.41, 5.74) is 0. The summed E-state index contributed by atoms with van der Waals surface area (Å²) in [6.07, 6.45) is 7.06. The maximum absolute atomic E-state index is 6.34. The number of halogens is 5. The molecule has 0 atom stereocenters. The SMILES string of the molecule is CCCCCN(CCCCC)Sc1c(Cl)c(Cl)c(Cl)c(Cl)c1Cl. The minimum absolute atomic E-state index is 0.205. The molecule has 0 amide bonds. The maximum Gasteiger partial charge on any atom is 0.0809 e. The van der Waals surface area contributed by atoms with Gasteiger partial charge < -0.3 is 0 Å². The van der Waals surface area contributed by atoms with Crippen molar-refractivity contribution >= 4 is 70.0 Å². The van der Waals surface area contributed by atoms with Gasteiger partial charge in [0.15, 0.2) is 0 Å². The highest BCUT2D eigenvalue weighted by molar-refractivity contribution is 7.97. The summed E-state index contributed by atoms with van der Waals surface area (Å²) in [4.78, 5) is 0.681. The lowest BCUT2D eigenvalue weighted by atomic mass is 10.2. The second-order valence-corrected chi connectivity index (χ2v) is 8.33. The number of rotatable bonds is 10. The lowest BCUT2D eigenvalue weighted by Gasteiger charge is -2.23. The molecule has 7 heteroatoms. The molecule has 0 spiro atoms. The highest BCUT2D eigenvalue weighted by Gasteiger charge is 2.21. The summed E-state index contributed by atoms with van der Waals surface area (Å²) in [5, 5.41) is 1.45. The zero-order valence-corrected chi connectivity index (χ0v) is 18.0. The van der Waals surface area contributed by atoms with Crippen molar-refractivity contribution in [2.24, 2.45) is 0 Å². The van der Waals surface area contributed by atoms with Crippen LogP contribution in [0.5, 0.6) is 0 Å². The Morgan fingerprint density at radius 2 is 1.04 bits per heavy atom. The van der Waals surface area contributed by atoms with E-state index < -0.39 is 0 Å². The Balaban J connectivity index is 2.93. The van der Waals surface area contributed by atoms with Crippen molar-refractivity contribution in [3.8, 4) is 0 Å². The van der Waals surface area contributed by atoms with Crippen molar-refractivity contribution in [3.63, 3.8) is 0 Å². The van der Waals surface area contributed by atoms with Crippen LogP contribution in [-0.4, -0.2) is 17.4 Å². The Labute approximate surface area is 169 Å². The van der Waals surface area contributed by atoms with Crippen LogP contribution >= 0.6 is 70.0 Å². The zero-order chi connectivity index (χ0) is 17.4. The van der Waals surface area contributed by atoms with E-state index in [0.29, 0.717) is 14.9 Å². The van der Waals surface area contributed by atoms with Crippen LogP contribution in [0.4, 0.5) is 0 Å². The Kier molecular flexibility index (Phi) is 11.1. The Morgan fingerprint density at radius 1 is 0.652 bits per heavy atom. The van der Waals surface area contributed by atoms with Crippen molar-refractivity contribution in [2.45, 2.75) is 57.3 Å². The average molecular weight is 438 g/mol. The molecule has 0 saturated carbocycles. The highest BCUT2D eigenvalue weighted by Crippen LogP contribution is 2.48. The van der Waals surface area contributed by atoms with Crippen LogP contribution in [0, 0.1) is 0 Å². The first-order valence-electron chi connectivity index (χ1n) is 7.88. The zero-order valence-electron chi connectivity index (χ0n) is 13.4. The van der Waals surface area contributed by atoms with Crippen LogP contribution in [0.1, 0.15) is 52.4 Å². The molecule has 0 unspecified atom stereocenters. The van der Waals surface area contributed by atoms with Crippen LogP contribution < -0.4 is 0 Å². The van der Waals surface area contributed by atoms with Gasteiger partial charge in [0.25, 0.3) is 0 Å². The summed E-state index contributed by atoms with van der Waals surface area (Å²) in [5.74, 6) is 0. The molecule has 0 aliphatic rings. The van der Waals surface area contributed by atoms with E-state index >= 15 is 0 Å². The minimum atomic E-state index is 0.205. The van der Waals surface area contributed by atoms with Crippen molar-refractivity contribution < 1.29 is 0 Å². The van der Waals surface area contributed by atoms with E-state index in [1.54, 1.807) is 0 Å². The average Bonchev–Trinajstić information content (AvgIpc) is 2.55. The predicted molar refractivity (Wildman–Crippen MR) is 108 cm³/mol. The topological polar surface area (TPSA) is 3.24 Å². The number of benzene rings is 1. The monoisotopic (exact) mass is 435 g/mol. The van der Waals surface area contributed by atoms with Gasteiger partial charge in [0.05, 0.1) is 30.0 Å². The van der Waals surface area contributed by atoms with Gasteiger partial charge in [-0.1, -0.05) is 97.5 Å². The molecule has 0 radical (unpaired) electrons. The Morgan fingerprint density at radius 3 is 1.43 bits per heavy atom. The molecule has 0 bridgehead atoms. The molecule has 0 heterocycles. The molecule has 1 nitrogen and oxygen atoms in total. The number of hydrogen-bond acceptors (Lipinski definition) is 2. The Hall–Kier alpha value is 0.980. The molecule has 1 aromatic carbocycles. The molecule has 0 aliphatic heterocycles. The quantitative estimate of drug-likeness (QED) is 0.156. The van der Waals surface area contributed by atoms with E-state index in [9.17, 15) is 0 Å². The van der Waals surface area contributed by atoms with Gasteiger partial charge in [-0.15, -0.1) is 0 Å². The standard InChI is InChI=1S/C16H22Cl5NS/c1-3-5-7-9-22(10-8-6-4-2)23-16-14(20)12(18)11(17)13(19)15(16)21/h3-10H2,1-2H3. The van der Waals surface area contributed by atoms with Gasteiger partial charge in [0.1, 0.15) is 0 Å². The molecular formula is C16H22Cl5NS. The largest absolute Gasteiger partial charge is 0.246 e. The predicted octanol–water partition coefficient (Wildman–Crippen LogP) is 8.64. The molecule has 0 fully saturated rings. The van der Waals surface area contributed by atoms with Crippen LogP contribution in [0.15, 0.2) is 4.90 Å². The van der Waals surface area contributed by atoms with Gasteiger partial charge in [0.2, 0.25) is 0 Å². The summed E-state index contributed by atoms with van der Waals surface area (Å²) >= 11 is 32.6. The molecular weight excluding hydrogens is 416 g/mol. The third-order valence-corrected chi connectivity index (χ3v) is 7.13. The molecule has 0 aromatic heterocycles. The van der Waals surface area contributed by atoms with Crippen molar-refractivity contribution in [1.82, 2.24) is 4.31 Å². The first-order valence-corrected chi connectivity index (χ1v) is 10.5. The molecule has 132 valence electrons. The highest BCUT2D eigenvalue weighted by atomic mass is 35.5. The van der Waals surface area contributed by atoms with Crippen molar-refractivity contribution in [2.75, 3.05) is 13.1 Å². The van der Waals surface area contributed by atoms with Gasteiger partial charge in [-0.25, -0.2) is 4.31 Å². The molecule has 1 aromatic rings. The lowest BCUT2D eigenvalue weighted by molar-refractivity contribution is 0.433. The number of nitrogens with zero attached hydrogens (tertiary/aromatic N) is 1. The minimum Gasteiger partial charge on any atom is -0.246 e. The van der Waals surface area contributed by atoms with Crippen LogP contribution in [-0.2, 0) is 0 Å². The second kappa shape index (κ2) is 11.6. The van der Waals surface area contributed by atoms with Gasteiger partial charge in [-0.2, -0.15) is 0 Å². The van der Waals surface area contributed by atoms with Gasteiger partial charge in [-0.3, -0.25) is 0 Å². The molecule has 1 rings (SSSR count). The summed E-state index contributed by atoms with van der Waals surface area (Å²) in [7, 11) is 0. The first kappa shape index (κ1) is 22.0. The van der Waals surface area contributed by atoms with E-state index in [1.807, 2.05) is 0 Å². The third-order valence-electron chi connectivity index (χ3n) is 3.41. The van der Waals surface area contributed by atoms with Crippen LogP contribution in [0.2, 0.25) is 25.1 Å². The molecule has 23 heavy (non-hydrogen) atoms. The van der Waals surface area contributed by atoms with Crippen LogP contribution in [0.3, 0.4) is 0 Å². The first-order chi connectivity index (χ1) is 10.9. The van der Waals surface area contributed by atoms with E-state index in [4.69, 9.17) is 58.0 Å². The van der Waals surface area contributed by atoms with E-state index in [2.05, 4.69) is 18.2 Å². The van der Waals surface area contributed by atoms with Crippen molar-refractivity contribution in [1.29, 1.82) is 0 Å². The fourth-order valence-electron chi connectivity index (χ4n) is 2.07.